The molecule has 0 atom stereocenters. The molecule has 0 aliphatic rings. The molecule has 0 saturated heterocycles. The molecule has 6 nitrogen and oxygen atoms in total. The van der Waals surface area contributed by atoms with E-state index in [1.165, 1.54) is 35.9 Å². The Balaban J connectivity index is 1.79. The van der Waals surface area contributed by atoms with Crippen LogP contribution in [0.4, 0.5) is 5.82 Å². The molecule has 2 heterocycles. The number of hydrogen-bond acceptors (Lipinski definition) is 6. The number of nitrogens with zero attached hydrogens (tertiary/aromatic N) is 3. The van der Waals surface area contributed by atoms with Crippen molar-refractivity contribution in [2.45, 2.75) is 4.90 Å². The predicted molar refractivity (Wildman–Crippen MR) is 102 cm³/mol. The van der Waals surface area contributed by atoms with E-state index in [9.17, 15) is 8.42 Å². The van der Waals surface area contributed by atoms with Crippen molar-refractivity contribution in [2.24, 2.45) is 0 Å². The maximum atomic E-state index is 11.6. The molecule has 1 N–H and O–H groups in total. The molecule has 0 unspecified atom stereocenters. The Hall–Kier alpha value is -2.84. The number of fused-ring (bicyclic) bond motifs is 1. The highest BCUT2D eigenvalue weighted by Crippen LogP contribution is 2.33. The van der Waals surface area contributed by atoms with Crippen molar-refractivity contribution in [3.05, 3.63) is 54.7 Å². The highest BCUT2D eigenvalue weighted by molar-refractivity contribution is 7.90. The number of sulfone groups is 1. The van der Waals surface area contributed by atoms with E-state index in [2.05, 4.69) is 15.0 Å². The molecule has 0 saturated carbocycles. The number of benzene rings is 2. The summed E-state index contributed by atoms with van der Waals surface area (Å²) in [5, 5.41) is 0.637. The van der Waals surface area contributed by atoms with E-state index < -0.39 is 9.84 Å². The normalized spacial score (nSPS) is 11.7. The van der Waals surface area contributed by atoms with Crippen molar-refractivity contribution in [3.8, 4) is 22.0 Å². The van der Waals surface area contributed by atoms with E-state index in [1.54, 1.807) is 12.1 Å². The third-order valence-corrected chi connectivity index (χ3v) is 6.02. The average molecular weight is 381 g/mol. The molecule has 0 fully saturated rings. The van der Waals surface area contributed by atoms with E-state index in [0.29, 0.717) is 16.4 Å². The third-order valence-electron chi connectivity index (χ3n) is 3.85. The smallest absolute Gasteiger partial charge is 0.175 e. The molecule has 2 aromatic heterocycles. The zero-order valence-corrected chi connectivity index (χ0v) is 15.3. The molecule has 8 heteroatoms. The van der Waals surface area contributed by atoms with Crippen LogP contribution in [-0.2, 0) is 9.84 Å². The molecule has 4 rings (SSSR count). The predicted octanol–water partition coefficient (Wildman–Crippen LogP) is 3.74. The maximum absolute atomic E-state index is 11.6. The zero-order valence-electron chi connectivity index (χ0n) is 13.7. The number of rotatable bonds is 3. The lowest BCUT2D eigenvalue weighted by atomic mass is 10.1. The zero-order chi connectivity index (χ0) is 18.3. The van der Waals surface area contributed by atoms with Crippen LogP contribution < -0.4 is 5.73 Å². The van der Waals surface area contributed by atoms with Gasteiger partial charge in [-0.2, -0.15) is 0 Å². The number of thiazole rings is 1. The molecule has 2 aromatic carbocycles. The molecule has 0 amide bonds. The lowest BCUT2D eigenvalue weighted by molar-refractivity contribution is 0.602. The largest absolute Gasteiger partial charge is 0.281 e. The second-order valence-electron chi connectivity index (χ2n) is 5.74. The molecule has 4 aromatic rings. The first-order valence-electron chi connectivity index (χ1n) is 7.67. The minimum Gasteiger partial charge on any atom is -0.281 e. The monoisotopic (exact) mass is 381 g/mol. The Morgan fingerprint density at radius 3 is 2.42 bits per heavy atom. The van der Waals surface area contributed by atoms with Gasteiger partial charge >= 0.3 is 0 Å². The maximum Gasteiger partial charge on any atom is 0.175 e. The molecule has 0 aliphatic carbocycles. The molecule has 0 aliphatic heterocycles. The van der Waals surface area contributed by atoms with Crippen LogP contribution in [0.5, 0.6) is 0 Å². The first-order chi connectivity index (χ1) is 12.4. The molecule has 129 valence electrons. The van der Waals surface area contributed by atoms with Gasteiger partial charge in [-0.25, -0.2) is 23.4 Å². The van der Waals surface area contributed by atoms with Gasteiger partial charge in [0.2, 0.25) is 0 Å². The van der Waals surface area contributed by atoms with Gasteiger partial charge in [-0.1, -0.05) is 24.3 Å². The van der Waals surface area contributed by atoms with Crippen molar-refractivity contribution < 1.29 is 8.42 Å². The quantitative estimate of drug-likeness (QED) is 0.538. The van der Waals surface area contributed by atoms with Crippen LogP contribution in [0.1, 0.15) is 0 Å². The van der Waals surface area contributed by atoms with Crippen molar-refractivity contribution in [2.75, 3.05) is 6.26 Å². The van der Waals surface area contributed by atoms with Gasteiger partial charge in [-0.15, -0.1) is 11.3 Å². The van der Waals surface area contributed by atoms with Gasteiger partial charge in [-0.3, -0.25) is 5.73 Å². The lowest BCUT2D eigenvalue weighted by Crippen LogP contribution is -1.97. The Labute approximate surface area is 154 Å². The van der Waals surface area contributed by atoms with Gasteiger partial charge in [0.25, 0.3) is 0 Å². The lowest BCUT2D eigenvalue weighted by Gasteiger charge is -2.05. The average Bonchev–Trinajstić information content (AvgIpc) is 3.05. The van der Waals surface area contributed by atoms with Gasteiger partial charge in [0, 0.05) is 11.8 Å². The van der Waals surface area contributed by atoms with Gasteiger partial charge in [0.1, 0.15) is 10.7 Å². The number of hydrogen-bond donors (Lipinski definition) is 0. The van der Waals surface area contributed by atoms with Gasteiger partial charge in [0.05, 0.1) is 27.0 Å². The molecular weight excluding hydrogens is 368 g/mol. The van der Waals surface area contributed by atoms with Gasteiger partial charge in [-0.05, 0) is 24.3 Å². The Morgan fingerprint density at radius 2 is 1.73 bits per heavy atom. The van der Waals surface area contributed by atoms with Crippen LogP contribution in [0.3, 0.4) is 0 Å². The fourth-order valence-electron chi connectivity index (χ4n) is 2.52. The fraction of sp³-hybridized carbons (Fsp3) is 0.0556. The molecular formula is C18H13N4O2S2. The van der Waals surface area contributed by atoms with E-state index in [1.807, 2.05) is 24.3 Å². The second-order valence-corrected chi connectivity index (χ2v) is 8.78. The summed E-state index contributed by atoms with van der Waals surface area (Å²) in [6, 6.07) is 14.2. The molecule has 1 radical (unpaired) electrons. The van der Waals surface area contributed by atoms with Crippen molar-refractivity contribution >= 4 is 37.2 Å². The summed E-state index contributed by atoms with van der Waals surface area (Å²) in [5.74, 6) is 0.0561. The van der Waals surface area contributed by atoms with Crippen LogP contribution in [-0.4, -0.2) is 29.6 Å². The Kier molecular flexibility index (Phi) is 3.93. The van der Waals surface area contributed by atoms with E-state index in [4.69, 9.17) is 5.73 Å². The summed E-state index contributed by atoms with van der Waals surface area (Å²) in [7, 11) is -3.25. The van der Waals surface area contributed by atoms with E-state index in [-0.39, 0.29) is 10.7 Å². The second kappa shape index (κ2) is 6.15. The summed E-state index contributed by atoms with van der Waals surface area (Å²) in [6.45, 7) is 0. The summed E-state index contributed by atoms with van der Waals surface area (Å²) in [4.78, 5) is 13.5. The minimum absolute atomic E-state index is 0.0561. The standard InChI is InChI=1S/C18H13N4O2S2/c1-26(23,24)12-8-6-11(7-9-12)14-10-20-17(19)16(21-14)18-22-13-4-2-3-5-15(13)25-18/h2-10,19H,1H3. The summed E-state index contributed by atoms with van der Waals surface area (Å²) >= 11 is 1.46. The fourth-order valence-corrected chi connectivity index (χ4v) is 4.11. The Bertz CT molecular complexity index is 1180. The number of aromatic nitrogens is 3. The first-order valence-corrected chi connectivity index (χ1v) is 10.4. The van der Waals surface area contributed by atoms with Crippen LogP contribution in [0.15, 0.2) is 59.6 Å². The Morgan fingerprint density at radius 1 is 1.00 bits per heavy atom. The molecule has 0 bridgehead atoms. The highest BCUT2D eigenvalue weighted by Gasteiger charge is 2.14. The summed E-state index contributed by atoms with van der Waals surface area (Å²) in [6.07, 6.45) is 2.68. The number of para-hydroxylation sites is 1. The van der Waals surface area contributed by atoms with E-state index >= 15 is 0 Å². The van der Waals surface area contributed by atoms with Crippen LogP contribution in [0.25, 0.3) is 32.2 Å². The first kappa shape index (κ1) is 16.6. The van der Waals surface area contributed by atoms with Crippen LogP contribution >= 0.6 is 11.3 Å². The molecule has 26 heavy (non-hydrogen) atoms. The van der Waals surface area contributed by atoms with Crippen molar-refractivity contribution in [1.29, 1.82) is 0 Å². The summed E-state index contributed by atoms with van der Waals surface area (Å²) < 4.78 is 24.2. The SMILES string of the molecule is CS(=O)(=O)c1ccc(-c2cnc([NH])c(-c3nc4ccccc4s3)n2)cc1. The van der Waals surface area contributed by atoms with Crippen LogP contribution in [0, 0.1) is 0 Å². The van der Waals surface area contributed by atoms with Crippen LogP contribution in [0.2, 0.25) is 0 Å². The summed E-state index contributed by atoms with van der Waals surface area (Å²) in [5.41, 5.74) is 10.6. The van der Waals surface area contributed by atoms with Crippen molar-refractivity contribution in [3.63, 3.8) is 0 Å². The van der Waals surface area contributed by atoms with Gasteiger partial charge in [0.15, 0.2) is 15.7 Å². The van der Waals surface area contributed by atoms with Gasteiger partial charge < -0.3 is 0 Å². The minimum atomic E-state index is -3.25. The van der Waals surface area contributed by atoms with E-state index in [0.717, 1.165) is 15.8 Å². The third kappa shape index (κ3) is 3.04. The topological polar surface area (TPSA) is 96.6 Å². The number of nitrogens with one attached hydrogen (secondary N) is 1. The van der Waals surface area contributed by atoms with Crippen molar-refractivity contribution in [1.82, 2.24) is 20.7 Å². The highest BCUT2D eigenvalue weighted by atomic mass is 32.2. The molecule has 0 spiro atoms.